The fraction of sp³-hybridized carbons (Fsp3) is 0.237. The maximum Gasteiger partial charge on any atom is 0.254 e. The first-order valence-corrected chi connectivity index (χ1v) is 15.3. The number of rotatable bonds is 12. The van der Waals surface area contributed by atoms with Gasteiger partial charge in [0.2, 0.25) is 11.8 Å². The molecule has 1 heterocycles. The minimum absolute atomic E-state index is 0.121. The van der Waals surface area contributed by atoms with E-state index in [9.17, 15) is 14.4 Å². The predicted molar refractivity (Wildman–Crippen MR) is 177 cm³/mol. The molecule has 0 saturated carbocycles. The van der Waals surface area contributed by atoms with Crippen LogP contribution >= 0.6 is 0 Å². The van der Waals surface area contributed by atoms with Gasteiger partial charge in [-0.1, -0.05) is 92.7 Å². The van der Waals surface area contributed by atoms with Gasteiger partial charge in [-0.25, -0.2) is 0 Å². The second-order valence-electron chi connectivity index (χ2n) is 11.8. The number of benzene rings is 4. The molecule has 3 unspecified atom stereocenters. The van der Waals surface area contributed by atoms with Crippen molar-refractivity contribution in [1.29, 1.82) is 0 Å². The molecule has 45 heavy (non-hydrogen) atoms. The first-order chi connectivity index (χ1) is 21.8. The van der Waals surface area contributed by atoms with Crippen LogP contribution in [0.5, 0.6) is 11.5 Å². The molecule has 1 aliphatic rings. The highest BCUT2D eigenvalue weighted by Crippen LogP contribution is 2.41. The van der Waals surface area contributed by atoms with E-state index in [1.54, 1.807) is 11.0 Å². The number of ether oxygens (including phenoxy) is 1. The van der Waals surface area contributed by atoms with Gasteiger partial charge >= 0.3 is 0 Å². The number of carbonyl (C=O) groups excluding carboxylic acids is 3. The molecule has 4 aromatic rings. The number of carbonyl (C=O) groups is 3. The highest BCUT2D eigenvalue weighted by molar-refractivity contribution is 6.06. The number of nitrogens with one attached hydrogen (secondary N) is 1. The largest absolute Gasteiger partial charge is 0.457 e. The normalized spacial score (nSPS) is 15.3. The summed E-state index contributed by atoms with van der Waals surface area (Å²) in [5.41, 5.74) is 9.80. The van der Waals surface area contributed by atoms with Crippen LogP contribution in [0.15, 0.2) is 116 Å². The Kier molecular flexibility index (Phi) is 9.78. The van der Waals surface area contributed by atoms with Gasteiger partial charge in [-0.3, -0.25) is 14.4 Å². The molecule has 3 atom stereocenters. The number of primary amides is 1. The Balaban J connectivity index is 1.53. The topological polar surface area (TPSA) is 102 Å². The van der Waals surface area contributed by atoms with Crippen LogP contribution < -0.4 is 20.7 Å². The highest BCUT2D eigenvalue weighted by Gasteiger charge is 2.38. The van der Waals surface area contributed by atoms with Crippen LogP contribution in [0, 0.1) is 17.8 Å². The van der Waals surface area contributed by atoms with Crippen molar-refractivity contribution in [1.82, 2.24) is 5.32 Å². The molecule has 3 amide bonds. The summed E-state index contributed by atoms with van der Waals surface area (Å²) in [6.45, 7) is 8.00. The van der Waals surface area contributed by atoms with Crippen molar-refractivity contribution < 1.29 is 19.1 Å². The molecule has 3 N–H and O–H groups in total. The molecular weight excluding hydrogens is 562 g/mol. The Bertz CT molecular complexity index is 1680. The van der Waals surface area contributed by atoms with Crippen LogP contribution in [0.4, 0.5) is 5.69 Å². The van der Waals surface area contributed by atoms with Crippen molar-refractivity contribution in [3.8, 4) is 22.6 Å². The quantitative estimate of drug-likeness (QED) is 0.168. The van der Waals surface area contributed by atoms with E-state index < -0.39 is 23.8 Å². The average molecular weight is 602 g/mol. The minimum Gasteiger partial charge on any atom is -0.457 e. The molecule has 0 aromatic heterocycles. The molecule has 1 aliphatic heterocycles. The minimum atomic E-state index is -0.989. The lowest BCUT2D eigenvalue weighted by Gasteiger charge is -2.30. The lowest BCUT2D eigenvalue weighted by Crippen LogP contribution is -2.47. The number of fused-ring (bicyclic) bond motifs is 3. The fourth-order valence-corrected chi connectivity index (χ4v) is 6.02. The fourth-order valence-electron chi connectivity index (χ4n) is 6.02. The molecule has 5 rings (SSSR count). The van der Waals surface area contributed by atoms with E-state index in [0.29, 0.717) is 23.5 Å². The molecule has 7 heteroatoms. The molecule has 230 valence electrons. The highest BCUT2D eigenvalue weighted by atomic mass is 16.5. The van der Waals surface area contributed by atoms with Gasteiger partial charge in [-0.15, -0.1) is 6.58 Å². The van der Waals surface area contributed by atoms with Crippen LogP contribution in [0.1, 0.15) is 43.9 Å². The summed E-state index contributed by atoms with van der Waals surface area (Å²) in [6, 6.07) is 31.6. The standard InChI is InChI=1S/C38H39N3O4/c1-4-13-32(36(39)42)33(22-25(2)3)37(43)40-35-31-20-9-8-18-29(31)30-19-10-11-21-34(30)41(38(35)44)24-26-14-12-17-28(23-26)45-27-15-6-5-7-16-27/h4-12,14-21,23,25,32-33,35H,1,13,22,24H2,2-3H3,(H2,39,42)(H,40,43). The maximum atomic E-state index is 14.6. The van der Waals surface area contributed by atoms with Gasteiger partial charge in [0.15, 0.2) is 0 Å². The average Bonchev–Trinajstić information content (AvgIpc) is 3.12. The zero-order valence-corrected chi connectivity index (χ0v) is 25.7. The summed E-state index contributed by atoms with van der Waals surface area (Å²) in [6.07, 6.45) is 2.32. The van der Waals surface area contributed by atoms with E-state index in [4.69, 9.17) is 10.5 Å². The lowest BCUT2D eigenvalue weighted by molar-refractivity contribution is -0.135. The summed E-state index contributed by atoms with van der Waals surface area (Å²) in [5.74, 6) is -1.19. The number of hydrogen-bond acceptors (Lipinski definition) is 4. The van der Waals surface area contributed by atoms with Gasteiger partial charge in [0.05, 0.1) is 24.1 Å². The van der Waals surface area contributed by atoms with Crippen LogP contribution in [0.2, 0.25) is 0 Å². The smallest absolute Gasteiger partial charge is 0.254 e. The summed E-state index contributed by atoms with van der Waals surface area (Å²) >= 11 is 0. The second kappa shape index (κ2) is 14.1. The van der Waals surface area contributed by atoms with E-state index >= 15 is 0 Å². The van der Waals surface area contributed by atoms with Gasteiger partial charge in [-0.05, 0) is 65.8 Å². The van der Waals surface area contributed by atoms with Crippen molar-refractivity contribution in [2.45, 2.75) is 39.3 Å². The van der Waals surface area contributed by atoms with Crippen LogP contribution in [-0.2, 0) is 20.9 Å². The maximum absolute atomic E-state index is 14.6. The third-order valence-electron chi connectivity index (χ3n) is 8.11. The third kappa shape index (κ3) is 7.15. The van der Waals surface area contributed by atoms with Crippen molar-refractivity contribution in [3.63, 3.8) is 0 Å². The van der Waals surface area contributed by atoms with Gasteiger partial charge in [0.1, 0.15) is 17.5 Å². The van der Waals surface area contributed by atoms with Crippen LogP contribution in [0.25, 0.3) is 11.1 Å². The predicted octanol–water partition coefficient (Wildman–Crippen LogP) is 7.19. The number of nitrogens with zero attached hydrogens (tertiary/aromatic N) is 1. The Morgan fingerprint density at radius 2 is 1.56 bits per heavy atom. The molecule has 0 spiro atoms. The Morgan fingerprint density at radius 3 is 2.27 bits per heavy atom. The molecular formula is C38H39N3O4. The van der Waals surface area contributed by atoms with E-state index in [1.165, 1.54) is 0 Å². The SMILES string of the molecule is C=CCC(C(N)=O)C(CC(C)C)C(=O)NC1C(=O)N(Cc2cccc(Oc3ccccc3)c2)c2ccccc2-c2ccccc21. The number of anilines is 1. The van der Waals surface area contributed by atoms with Crippen molar-refractivity contribution >= 4 is 23.4 Å². The van der Waals surface area contributed by atoms with E-state index in [-0.39, 0.29) is 30.7 Å². The summed E-state index contributed by atoms with van der Waals surface area (Å²) in [5, 5.41) is 3.06. The molecule has 4 aromatic carbocycles. The monoisotopic (exact) mass is 601 g/mol. The Morgan fingerprint density at radius 1 is 0.889 bits per heavy atom. The zero-order chi connectivity index (χ0) is 31.9. The van der Waals surface area contributed by atoms with Gasteiger partial charge in [-0.2, -0.15) is 0 Å². The number of nitrogens with two attached hydrogens (primary N) is 1. The summed E-state index contributed by atoms with van der Waals surface area (Å²) in [7, 11) is 0. The number of allylic oxidation sites excluding steroid dienone is 1. The Labute approximate surface area is 264 Å². The summed E-state index contributed by atoms with van der Waals surface area (Å²) < 4.78 is 6.07. The van der Waals surface area contributed by atoms with Gasteiger partial charge in [0.25, 0.3) is 5.91 Å². The molecule has 7 nitrogen and oxygen atoms in total. The third-order valence-corrected chi connectivity index (χ3v) is 8.11. The van der Waals surface area contributed by atoms with Crippen LogP contribution in [0.3, 0.4) is 0 Å². The molecule has 0 fully saturated rings. The van der Waals surface area contributed by atoms with Crippen molar-refractivity contribution in [2.24, 2.45) is 23.5 Å². The molecule has 0 radical (unpaired) electrons. The lowest BCUT2D eigenvalue weighted by atomic mass is 9.82. The van der Waals surface area contributed by atoms with E-state index in [2.05, 4.69) is 11.9 Å². The van der Waals surface area contributed by atoms with Gasteiger partial charge < -0.3 is 20.7 Å². The number of amides is 3. The zero-order valence-electron chi connectivity index (χ0n) is 25.7. The first-order valence-electron chi connectivity index (χ1n) is 15.3. The number of para-hydroxylation sites is 2. The number of hydrogen-bond donors (Lipinski definition) is 2. The molecule has 0 saturated heterocycles. The Hall–Kier alpha value is -5.17. The van der Waals surface area contributed by atoms with Crippen molar-refractivity contribution in [2.75, 3.05) is 4.90 Å². The van der Waals surface area contributed by atoms with Crippen molar-refractivity contribution in [3.05, 3.63) is 127 Å². The molecule has 0 aliphatic carbocycles. The first kappa shape index (κ1) is 31.3. The van der Waals surface area contributed by atoms with E-state index in [0.717, 1.165) is 22.4 Å². The molecule has 0 bridgehead atoms. The van der Waals surface area contributed by atoms with E-state index in [1.807, 2.05) is 117 Å². The second-order valence-corrected chi connectivity index (χ2v) is 11.8. The van der Waals surface area contributed by atoms with Gasteiger partial charge in [0, 0.05) is 5.56 Å². The summed E-state index contributed by atoms with van der Waals surface area (Å²) in [4.78, 5) is 42.9. The van der Waals surface area contributed by atoms with Crippen LogP contribution in [-0.4, -0.2) is 17.7 Å².